The molecular formula is C22H24Cl4N4O2. The van der Waals surface area contributed by atoms with Crippen molar-refractivity contribution in [1.29, 1.82) is 0 Å². The van der Waals surface area contributed by atoms with Gasteiger partial charge in [-0.3, -0.25) is 0 Å². The SMILES string of the molecule is O=C(NCC1CCCC(CNC(=O)Nc2ccc(Cl)c(Cl)c2)C1)Nc1ccc(Cl)c(Cl)c1. The molecule has 4 amide bonds. The molecule has 2 atom stereocenters. The molecule has 0 radical (unpaired) electrons. The van der Waals surface area contributed by atoms with Crippen LogP contribution in [-0.2, 0) is 0 Å². The predicted molar refractivity (Wildman–Crippen MR) is 132 cm³/mol. The third-order valence-electron chi connectivity index (χ3n) is 5.35. The largest absolute Gasteiger partial charge is 0.338 e. The molecular weight excluding hydrogens is 494 g/mol. The summed E-state index contributed by atoms with van der Waals surface area (Å²) in [5.41, 5.74) is 1.16. The summed E-state index contributed by atoms with van der Waals surface area (Å²) in [6.45, 7) is 1.14. The van der Waals surface area contributed by atoms with E-state index in [1.165, 1.54) is 0 Å². The lowest BCUT2D eigenvalue weighted by molar-refractivity contribution is 0.230. The topological polar surface area (TPSA) is 82.3 Å². The molecule has 2 aromatic rings. The molecule has 10 heteroatoms. The number of halogens is 4. The number of rotatable bonds is 6. The molecule has 0 aliphatic heterocycles. The molecule has 0 bridgehead atoms. The number of benzene rings is 2. The van der Waals surface area contributed by atoms with Gasteiger partial charge in [-0.25, -0.2) is 9.59 Å². The zero-order valence-corrected chi connectivity index (χ0v) is 20.2. The predicted octanol–water partition coefficient (Wildman–Crippen LogP) is 7.05. The summed E-state index contributed by atoms with van der Waals surface area (Å²) in [4.78, 5) is 24.4. The van der Waals surface area contributed by atoms with Gasteiger partial charge in [-0.2, -0.15) is 0 Å². The van der Waals surface area contributed by atoms with E-state index in [2.05, 4.69) is 21.3 Å². The van der Waals surface area contributed by atoms with E-state index in [1.54, 1.807) is 36.4 Å². The summed E-state index contributed by atoms with van der Waals surface area (Å²) in [5.74, 6) is 0.710. The van der Waals surface area contributed by atoms with Crippen LogP contribution in [0.15, 0.2) is 36.4 Å². The van der Waals surface area contributed by atoms with E-state index in [9.17, 15) is 9.59 Å². The fourth-order valence-corrected chi connectivity index (χ4v) is 4.34. The molecule has 2 unspecified atom stereocenters. The lowest BCUT2D eigenvalue weighted by Crippen LogP contribution is -2.38. The van der Waals surface area contributed by atoms with Crippen LogP contribution in [0.3, 0.4) is 0 Å². The van der Waals surface area contributed by atoms with Gasteiger partial charge in [0.1, 0.15) is 0 Å². The maximum Gasteiger partial charge on any atom is 0.319 e. The van der Waals surface area contributed by atoms with Crippen molar-refractivity contribution in [3.05, 3.63) is 56.5 Å². The number of nitrogens with one attached hydrogen (secondary N) is 4. The van der Waals surface area contributed by atoms with Gasteiger partial charge >= 0.3 is 12.1 Å². The highest BCUT2D eigenvalue weighted by Gasteiger charge is 2.23. The third-order valence-corrected chi connectivity index (χ3v) is 6.83. The highest BCUT2D eigenvalue weighted by atomic mass is 35.5. The number of urea groups is 2. The maximum atomic E-state index is 12.2. The zero-order chi connectivity index (χ0) is 23.1. The third kappa shape index (κ3) is 7.62. The summed E-state index contributed by atoms with van der Waals surface area (Å²) in [6.07, 6.45) is 4.07. The Labute approximate surface area is 207 Å². The smallest absolute Gasteiger partial charge is 0.319 e. The molecule has 0 saturated heterocycles. The molecule has 4 N–H and O–H groups in total. The highest BCUT2D eigenvalue weighted by Crippen LogP contribution is 2.29. The first-order valence-corrected chi connectivity index (χ1v) is 11.8. The second-order valence-corrected chi connectivity index (χ2v) is 9.46. The van der Waals surface area contributed by atoms with E-state index in [0.29, 0.717) is 56.4 Å². The van der Waals surface area contributed by atoms with E-state index < -0.39 is 0 Å². The molecule has 0 aromatic heterocycles. The van der Waals surface area contributed by atoms with Crippen molar-refractivity contribution in [3.63, 3.8) is 0 Å². The van der Waals surface area contributed by atoms with E-state index in [-0.39, 0.29) is 12.1 Å². The summed E-state index contributed by atoms with van der Waals surface area (Å²) >= 11 is 23.7. The summed E-state index contributed by atoms with van der Waals surface area (Å²) < 4.78 is 0. The van der Waals surface area contributed by atoms with Crippen LogP contribution in [0.5, 0.6) is 0 Å². The van der Waals surface area contributed by atoms with Gasteiger partial charge < -0.3 is 21.3 Å². The normalized spacial score (nSPS) is 18.0. The van der Waals surface area contributed by atoms with Crippen LogP contribution in [0.2, 0.25) is 20.1 Å². The Morgan fingerprint density at radius 1 is 0.719 bits per heavy atom. The number of hydrogen-bond donors (Lipinski definition) is 4. The van der Waals surface area contributed by atoms with Crippen molar-refractivity contribution in [2.45, 2.75) is 25.7 Å². The Balaban J connectivity index is 1.38. The van der Waals surface area contributed by atoms with Crippen LogP contribution < -0.4 is 21.3 Å². The van der Waals surface area contributed by atoms with Crippen molar-refractivity contribution in [1.82, 2.24) is 10.6 Å². The molecule has 0 spiro atoms. The number of anilines is 2. The molecule has 32 heavy (non-hydrogen) atoms. The highest BCUT2D eigenvalue weighted by molar-refractivity contribution is 6.42. The Kier molecular flexibility index (Phi) is 9.17. The van der Waals surface area contributed by atoms with Gasteiger partial charge in [0, 0.05) is 24.5 Å². The number of hydrogen-bond acceptors (Lipinski definition) is 2. The van der Waals surface area contributed by atoms with Gasteiger partial charge in [-0.1, -0.05) is 52.8 Å². The van der Waals surface area contributed by atoms with Gasteiger partial charge in [-0.05, 0) is 67.5 Å². The van der Waals surface area contributed by atoms with Gasteiger partial charge in [0.25, 0.3) is 0 Å². The quantitative estimate of drug-likeness (QED) is 0.331. The lowest BCUT2D eigenvalue weighted by atomic mass is 9.81. The second-order valence-electron chi connectivity index (χ2n) is 7.83. The van der Waals surface area contributed by atoms with E-state index in [0.717, 1.165) is 25.7 Å². The van der Waals surface area contributed by atoms with Gasteiger partial charge in [0.2, 0.25) is 0 Å². The lowest BCUT2D eigenvalue weighted by Gasteiger charge is -2.29. The monoisotopic (exact) mass is 516 g/mol. The van der Waals surface area contributed by atoms with Crippen LogP contribution in [0.25, 0.3) is 0 Å². The minimum atomic E-state index is -0.287. The van der Waals surface area contributed by atoms with Gasteiger partial charge in [0.05, 0.1) is 20.1 Å². The summed E-state index contributed by atoms with van der Waals surface area (Å²) in [5, 5.41) is 13.0. The molecule has 0 heterocycles. The molecule has 6 nitrogen and oxygen atoms in total. The second kappa shape index (κ2) is 11.8. The van der Waals surface area contributed by atoms with E-state index in [4.69, 9.17) is 46.4 Å². The summed E-state index contributed by atoms with van der Waals surface area (Å²) in [7, 11) is 0. The van der Waals surface area contributed by atoms with Crippen molar-refractivity contribution in [3.8, 4) is 0 Å². The number of amides is 4. The minimum Gasteiger partial charge on any atom is -0.338 e. The Morgan fingerprint density at radius 3 is 1.56 bits per heavy atom. The average molecular weight is 518 g/mol. The average Bonchev–Trinajstić information content (AvgIpc) is 2.76. The van der Waals surface area contributed by atoms with E-state index >= 15 is 0 Å². The molecule has 3 rings (SSSR count). The standard InChI is InChI=1S/C22H24Cl4N4O2/c23-17-6-4-15(9-19(17)25)29-21(31)27-11-13-2-1-3-14(8-13)12-28-22(32)30-16-5-7-18(24)20(26)10-16/h4-7,9-10,13-14H,1-3,8,11-12H2,(H2,27,29,31)(H2,28,30,32). The zero-order valence-electron chi connectivity index (χ0n) is 17.2. The van der Waals surface area contributed by atoms with Crippen LogP contribution >= 0.6 is 46.4 Å². The van der Waals surface area contributed by atoms with Crippen molar-refractivity contribution < 1.29 is 9.59 Å². The van der Waals surface area contributed by atoms with Crippen LogP contribution in [-0.4, -0.2) is 25.2 Å². The fraction of sp³-hybridized carbons (Fsp3) is 0.364. The molecule has 1 aliphatic rings. The molecule has 1 saturated carbocycles. The minimum absolute atomic E-state index is 0.287. The molecule has 172 valence electrons. The van der Waals surface area contributed by atoms with Crippen molar-refractivity contribution in [2.75, 3.05) is 23.7 Å². The van der Waals surface area contributed by atoms with Crippen molar-refractivity contribution in [2.24, 2.45) is 11.8 Å². The number of carbonyl (C=O) groups is 2. The van der Waals surface area contributed by atoms with E-state index in [1.807, 2.05) is 0 Å². The first-order valence-electron chi connectivity index (χ1n) is 10.3. The fourth-order valence-electron chi connectivity index (χ4n) is 3.75. The molecule has 2 aromatic carbocycles. The van der Waals surface area contributed by atoms with Crippen LogP contribution in [0.1, 0.15) is 25.7 Å². The van der Waals surface area contributed by atoms with Gasteiger partial charge in [0.15, 0.2) is 0 Å². The first-order chi connectivity index (χ1) is 15.3. The van der Waals surface area contributed by atoms with Crippen molar-refractivity contribution >= 4 is 69.8 Å². The maximum absolute atomic E-state index is 12.2. The van der Waals surface area contributed by atoms with Gasteiger partial charge in [-0.15, -0.1) is 0 Å². The van der Waals surface area contributed by atoms with Crippen LogP contribution in [0, 0.1) is 11.8 Å². The Morgan fingerprint density at radius 2 is 1.16 bits per heavy atom. The molecule has 1 fully saturated rings. The number of carbonyl (C=O) groups excluding carboxylic acids is 2. The molecule has 1 aliphatic carbocycles. The first kappa shape index (κ1) is 24.8. The Bertz CT molecular complexity index is 897. The van der Waals surface area contributed by atoms with Crippen LogP contribution in [0.4, 0.5) is 21.0 Å². The summed E-state index contributed by atoms with van der Waals surface area (Å²) in [6, 6.07) is 9.29. The Hall–Kier alpha value is -1.86.